The van der Waals surface area contributed by atoms with Crippen LogP contribution >= 0.6 is 0 Å². The third kappa shape index (κ3) is 12.3. The van der Waals surface area contributed by atoms with E-state index >= 15 is 0 Å². The molecule has 3 aromatic carbocycles. The summed E-state index contributed by atoms with van der Waals surface area (Å²) >= 11 is 0. The van der Waals surface area contributed by atoms with E-state index < -0.39 is 40.0 Å². The number of hydrogen-bond acceptors (Lipinski definition) is 6. The molecule has 0 fully saturated rings. The van der Waals surface area contributed by atoms with Crippen molar-refractivity contribution < 1.29 is 27.9 Å². The van der Waals surface area contributed by atoms with Crippen LogP contribution in [0.4, 0.5) is 5.69 Å². The van der Waals surface area contributed by atoms with E-state index in [0.29, 0.717) is 30.1 Å². The van der Waals surface area contributed by atoms with Crippen LogP contribution in [0.25, 0.3) is 0 Å². The quantitative estimate of drug-likeness (QED) is 0.147. The van der Waals surface area contributed by atoms with Gasteiger partial charge in [0.2, 0.25) is 21.8 Å². The van der Waals surface area contributed by atoms with Crippen LogP contribution in [0.3, 0.4) is 0 Å². The molecule has 3 aromatic rings. The molecule has 0 aliphatic carbocycles. The second kappa shape index (κ2) is 18.5. The number of carbonyl (C=O) groups excluding carboxylic acids is 3. The molecule has 0 saturated heterocycles. The molecule has 266 valence electrons. The van der Waals surface area contributed by atoms with Crippen molar-refractivity contribution in [2.24, 2.45) is 17.8 Å². The summed E-state index contributed by atoms with van der Waals surface area (Å²) in [6.07, 6.45) is 0.205. The number of nitrogens with zero attached hydrogens (tertiary/aromatic N) is 1. The van der Waals surface area contributed by atoms with E-state index in [-0.39, 0.29) is 35.5 Å². The van der Waals surface area contributed by atoms with E-state index in [1.165, 1.54) is 13.1 Å². The average molecular weight is 693 g/mol. The maximum Gasteiger partial charge on any atom is 0.251 e. The molecule has 0 aliphatic heterocycles. The lowest BCUT2D eigenvalue weighted by molar-refractivity contribution is -0.132. The first kappa shape index (κ1) is 39.2. The van der Waals surface area contributed by atoms with Gasteiger partial charge in [-0.2, -0.15) is 0 Å². The highest BCUT2D eigenvalue weighted by Gasteiger charge is 2.30. The van der Waals surface area contributed by atoms with Gasteiger partial charge in [-0.05, 0) is 60.4 Å². The number of hydrogen-bond donors (Lipinski definition) is 4. The van der Waals surface area contributed by atoms with Crippen molar-refractivity contribution in [3.05, 3.63) is 102 Å². The van der Waals surface area contributed by atoms with Gasteiger partial charge in [-0.1, -0.05) is 101 Å². The number of rotatable bonds is 18. The smallest absolute Gasteiger partial charge is 0.251 e. The maximum absolute atomic E-state index is 13.5. The zero-order valence-corrected chi connectivity index (χ0v) is 30.2. The standard InChI is InChI=1S/C38H52N4O6S/c1-26(2)20-21-33(34(43)22-28(5)36(44)41-35(27(3)4)38(46)39-24-29-14-9-7-10-15-29)40-37(45)31-18-13-19-32(23-31)42(6)49(47,48)25-30-16-11-8-12-17-30/h7-19,23,26-28,33-35,43H,20-22,24-25H2,1-6H3,(H,39,46)(H,40,45)(H,41,44)/t28-,33+,34+,35+/m1/s1. The fraction of sp³-hybridized carbons (Fsp3) is 0.447. The van der Waals surface area contributed by atoms with Gasteiger partial charge in [0, 0.05) is 25.1 Å². The van der Waals surface area contributed by atoms with E-state index in [4.69, 9.17) is 0 Å². The highest BCUT2D eigenvalue weighted by Crippen LogP contribution is 2.22. The van der Waals surface area contributed by atoms with E-state index in [1.807, 2.05) is 64.1 Å². The normalized spacial score (nSPS) is 14.1. The van der Waals surface area contributed by atoms with Gasteiger partial charge >= 0.3 is 0 Å². The van der Waals surface area contributed by atoms with Crippen LogP contribution < -0.4 is 20.3 Å². The zero-order chi connectivity index (χ0) is 36.1. The Morgan fingerprint density at radius 1 is 0.776 bits per heavy atom. The summed E-state index contributed by atoms with van der Waals surface area (Å²) < 4.78 is 27.4. The third-order valence-corrected chi connectivity index (χ3v) is 10.3. The molecule has 0 saturated carbocycles. The maximum atomic E-state index is 13.5. The highest BCUT2D eigenvalue weighted by atomic mass is 32.2. The van der Waals surface area contributed by atoms with Crippen molar-refractivity contribution in [3.63, 3.8) is 0 Å². The highest BCUT2D eigenvalue weighted by molar-refractivity contribution is 7.92. The fourth-order valence-corrected chi connectivity index (χ4v) is 6.61. The van der Waals surface area contributed by atoms with Crippen LogP contribution in [0.1, 0.15) is 75.4 Å². The number of benzene rings is 3. The van der Waals surface area contributed by atoms with Gasteiger partial charge in [0.25, 0.3) is 5.91 Å². The van der Waals surface area contributed by atoms with E-state index in [2.05, 4.69) is 16.0 Å². The minimum Gasteiger partial charge on any atom is -0.391 e. The lowest BCUT2D eigenvalue weighted by Crippen LogP contribution is -2.51. The van der Waals surface area contributed by atoms with Crippen LogP contribution in [0.5, 0.6) is 0 Å². The Hall–Kier alpha value is -4.22. The molecule has 10 nitrogen and oxygen atoms in total. The lowest BCUT2D eigenvalue weighted by atomic mass is 9.92. The average Bonchev–Trinajstić information content (AvgIpc) is 3.07. The first-order valence-corrected chi connectivity index (χ1v) is 18.5. The second-order valence-corrected chi connectivity index (χ2v) is 15.4. The van der Waals surface area contributed by atoms with Crippen molar-refractivity contribution in [2.75, 3.05) is 11.4 Å². The number of carbonyl (C=O) groups is 3. The Morgan fingerprint density at radius 3 is 1.98 bits per heavy atom. The van der Waals surface area contributed by atoms with E-state index in [0.717, 1.165) is 16.3 Å². The second-order valence-electron chi connectivity index (χ2n) is 13.4. The molecular weight excluding hydrogens is 641 g/mol. The Morgan fingerprint density at radius 2 is 1.39 bits per heavy atom. The Kier molecular flexibility index (Phi) is 14.8. The summed E-state index contributed by atoms with van der Waals surface area (Å²) in [6, 6.07) is 23.3. The van der Waals surface area contributed by atoms with Crippen LogP contribution in [0.15, 0.2) is 84.9 Å². The molecule has 0 heterocycles. The van der Waals surface area contributed by atoms with E-state index in [9.17, 15) is 27.9 Å². The predicted molar refractivity (Wildman–Crippen MR) is 194 cm³/mol. The SMILES string of the molecule is CC(C)CC[C@H](NC(=O)c1cccc(N(C)S(=O)(=O)Cc2ccccc2)c1)[C@@H](O)C[C@@H](C)C(=O)N[C@H](C(=O)NCc1ccccc1)C(C)C. The molecule has 3 rings (SSSR count). The van der Waals surface area contributed by atoms with Gasteiger partial charge in [0.1, 0.15) is 6.04 Å². The van der Waals surface area contributed by atoms with E-state index in [1.54, 1.807) is 49.4 Å². The Labute approximate surface area is 291 Å². The minimum absolute atomic E-state index is 0.0613. The summed E-state index contributed by atoms with van der Waals surface area (Å²) in [7, 11) is -2.27. The first-order valence-electron chi connectivity index (χ1n) is 16.9. The van der Waals surface area contributed by atoms with Crippen molar-refractivity contribution in [1.82, 2.24) is 16.0 Å². The number of sulfonamides is 1. The fourth-order valence-electron chi connectivity index (χ4n) is 5.37. The Bertz CT molecular complexity index is 1620. The molecule has 4 N–H and O–H groups in total. The molecule has 49 heavy (non-hydrogen) atoms. The van der Waals surface area contributed by atoms with Gasteiger partial charge in [-0.15, -0.1) is 0 Å². The van der Waals surface area contributed by atoms with Crippen LogP contribution in [0, 0.1) is 17.8 Å². The third-order valence-electron chi connectivity index (χ3n) is 8.52. The molecule has 0 aromatic heterocycles. The summed E-state index contributed by atoms with van der Waals surface area (Å²) in [5.74, 6) is -1.82. The van der Waals surface area contributed by atoms with Crippen molar-refractivity contribution in [3.8, 4) is 0 Å². The van der Waals surface area contributed by atoms with Crippen molar-refractivity contribution in [2.45, 2.75) is 84.4 Å². The number of nitrogens with one attached hydrogen (secondary N) is 3. The first-order chi connectivity index (χ1) is 23.2. The van der Waals surface area contributed by atoms with Gasteiger partial charge < -0.3 is 21.1 Å². The van der Waals surface area contributed by atoms with Gasteiger partial charge in [-0.25, -0.2) is 8.42 Å². The monoisotopic (exact) mass is 692 g/mol. The molecule has 0 spiro atoms. The lowest BCUT2D eigenvalue weighted by Gasteiger charge is -2.28. The van der Waals surface area contributed by atoms with Gasteiger partial charge in [0.05, 0.1) is 23.6 Å². The minimum atomic E-state index is -3.72. The summed E-state index contributed by atoms with van der Waals surface area (Å²) in [4.78, 5) is 39.7. The molecular formula is C38H52N4O6S. The van der Waals surface area contributed by atoms with Gasteiger partial charge in [0.15, 0.2) is 0 Å². The number of aliphatic hydroxyl groups is 1. The molecule has 0 bridgehead atoms. The largest absolute Gasteiger partial charge is 0.391 e. The van der Waals surface area contributed by atoms with Crippen molar-refractivity contribution >= 4 is 33.4 Å². The summed E-state index contributed by atoms with van der Waals surface area (Å²) in [5.41, 5.74) is 2.18. The molecule has 0 aliphatic rings. The molecule has 0 radical (unpaired) electrons. The molecule has 4 atom stereocenters. The molecule has 0 unspecified atom stereocenters. The van der Waals surface area contributed by atoms with Crippen molar-refractivity contribution in [1.29, 1.82) is 0 Å². The number of amides is 3. The van der Waals surface area contributed by atoms with Crippen LogP contribution in [-0.4, -0.2) is 56.5 Å². The predicted octanol–water partition coefficient (Wildman–Crippen LogP) is 5.03. The molecule has 11 heteroatoms. The van der Waals surface area contributed by atoms with Crippen LogP contribution in [-0.2, 0) is 31.9 Å². The zero-order valence-electron chi connectivity index (χ0n) is 29.4. The van der Waals surface area contributed by atoms with Gasteiger partial charge in [-0.3, -0.25) is 18.7 Å². The van der Waals surface area contributed by atoms with Crippen LogP contribution in [0.2, 0.25) is 0 Å². The number of aliphatic hydroxyl groups excluding tert-OH is 1. The summed E-state index contributed by atoms with van der Waals surface area (Å²) in [5, 5.41) is 20.0. The number of anilines is 1. The summed E-state index contributed by atoms with van der Waals surface area (Å²) in [6.45, 7) is 9.84. The topological polar surface area (TPSA) is 145 Å². The Balaban J connectivity index is 1.66. The molecule has 3 amide bonds.